The molecule has 0 aliphatic carbocycles. The fourth-order valence-electron chi connectivity index (χ4n) is 1.87. The van der Waals surface area contributed by atoms with Crippen LogP contribution in [0.15, 0.2) is 42.5 Å². The van der Waals surface area contributed by atoms with Gasteiger partial charge in [0.1, 0.15) is 0 Å². The molecule has 0 saturated carbocycles. The summed E-state index contributed by atoms with van der Waals surface area (Å²) < 4.78 is 5.21. The number of carbonyl (C=O) groups is 1. The van der Waals surface area contributed by atoms with E-state index in [1.54, 1.807) is 17.1 Å². The summed E-state index contributed by atoms with van der Waals surface area (Å²) in [5.41, 5.74) is 2.38. The van der Waals surface area contributed by atoms with Crippen LogP contribution in [0.1, 0.15) is 11.1 Å². The number of allylic oxidation sites excluding steroid dienone is 2. The van der Waals surface area contributed by atoms with Crippen LogP contribution < -0.4 is 0 Å². The maximum absolute atomic E-state index is 11.8. The summed E-state index contributed by atoms with van der Waals surface area (Å²) in [6, 6.07) is 8.26. The van der Waals surface area contributed by atoms with E-state index in [1.165, 1.54) is 5.56 Å². The monoisotopic (exact) mass is 257 g/mol. The number of hydrogen-bond donors (Lipinski definition) is 0. The molecule has 1 amide bonds. The Labute approximate surface area is 114 Å². The van der Waals surface area contributed by atoms with Crippen LogP contribution in [-0.4, -0.2) is 37.1 Å². The zero-order valence-corrected chi connectivity index (χ0v) is 11.2. The lowest BCUT2D eigenvalue weighted by atomic mass is 10.1. The Morgan fingerprint density at radius 3 is 2.53 bits per heavy atom. The molecule has 1 aliphatic heterocycles. The third-order valence-electron chi connectivity index (χ3n) is 3.04. The van der Waals surface area contributed by atoms with Gasteiger partial charge in [-0.15, -0.1) is 0 Å². The maximum atomic E-state index is 11.8. The van der Waals surface area contributed by atoms with Crippen LogP contribution in [0.25, 0.3) is 6.08 Å². The molecule has 1 aromatic carbocycles. The normalized spacial score (nSPS) is 16.4. The molecule has 0 atom stereocenters. The number of rotatable bonds is 3. The minimum atomic E-state index is 0.0526. The average Bonchev–Trinajstić information content (AvgIpc) is 2.46. The van der Waals surface area contributed by atoms with Crippen LogP contribution in [-0.2, 0) is 9.53 Å². The van der Waals surface area contributed by atoms with E-state index in [4.69, 9.17) is 4.74 Å². The van der Waals surface area contributed by atoms with Crippen molar-refractivity contribution in [1.82, 2.24) is 4.90 Å². The lowest BCUT2D eigenvalue weighted by Crippen LogP contribution is -2.39. The van der Waals surface area contributed by atoms with Gasteiger partial charge in [-0.3, -0.25) is 4.79 Å². The molecular weight excluding hydrogens is 238 g/mol. The van der Waals surface area contributed by atoms with Gasteiger partial charge in [0.25, 0.3) is 0 Å². The molecular formula is C16H19NO2. The van der Waals surface area contributed by atoms with Crippen LogP contribution >= 0.6 is 0 Å². The summed E-state index contributed by atoms with van der Waals surface area (Å²) in [7, 11) is 0. The van der Waals surface area contributed by atoms with Crippen molar-refractivity contribution >= 4 is 12.0 Å². The number of benzene rings is 1. The van der Waals surface area contributed by atoms with Gasteiger partial charge >= 0.3 is 0 Å². The second kappa shape index (κ2) is 6.90. The molecule has 19 heavy (non-hydrogen) atoms. The first-order valence-corrected chi connectivity index (χ1v) is 6.54. The van der Waals surface area contributed by atoms with Crippen molar-refractivity contribution in [1.29, 1.82) is 0 Å². The molecule has 1 heterocycles. The number of carbonyl (C=O) groups excluding carboxylic acids is 1. The van der Waals surface area contributed by atoms with Crippen LogP contribution in [0, 0.1) is 6.92 Å². The minimum absolute atomic E-state index is 0.0526. The summed E-state index contributed by atoms with van der Waals surface area (Å²) in [4.78, 5) is 13.6. The summed E-state index contributed by atoms with van der Waals surface area (Å²) in [6.45, 7) is 4.71. The lowest BCUT2D eigenvalue weighted by Gasteiger charge is -2.25. The van der Waals surface area contributed by atoms with E-state index in [2.05, 4.69) is 31.2 Å². The van der Waals surface area contributed by atoms with Crippen LogP contribution in [0.2, 0.25) is 0 Å². The number of aryl methyl sites for hydroxylation is 1. The highest BCUT2D eigenvalue weighted by Crippen LogP contribution is 2.05. The first kappa shape index (κ1) is 13.6. The summed E-state index contributed by atoms with van der Waals surface area (Å²) in [5.74, 6) is 0.0526. The smallest absolute Gasteiger partial charge is 0.246 e. The topological polar surface area (TPSA) is 29.5 Å². The Balaban J connectivity index is 1.85. The number of hydrogen-bond acceptors (Lipinski definition) is 2. The number of nitrogens with zero attached hydrogens (tertiary/aromatic N) is 1. The van der Waals surface area contributed by atoms with E-state index in [9.17, 15) is 4.79 Å². The average molecular weight is 257 g/mol. The zero-order chi connectivity index (χ0) is 13.5. The lowest BCUT2D eigenvalue weighted by molar-refractivity contribution is -0.129. The molecule has 100 valence electrons. The van der Waals surface area contributed by atoms with Gasteiger partial charge in [0.15, 0.2) is 0 Å². The highest BCUT2D eigenvalue weighted by Gasteiger charge is 2.13. The Morgan fingerprint density at radius 1 is 1.16 bits per heavy atom. The molecule has 2 rings (SSSR count). The van der Waals surface area contributed by atoms with Gasteiger partial charge in [-0.2, -0.15) is 0 Å². The van der Waals surface area contributed by atoms with Gasteiger partial charge in [-0.25, -0.2) is 0 Å². The number of ether oxygens (including phenoxy) is 1. The van der Waals surface area contributed by atoms with Crippen molar-refractivity contribution in [2.75, 3.05) is 26.3 Å². The summed E-state index contributed by atoms with van der Waals surface area (Å²) in [5, 5.41) is 0. The first-order valence-electron chi connectivity index (χ1n) is 6.54. The van der Waals surface area contributed by atoms with Crippen molar-refractivity contribution in [2.45, 2.75) is 6.92 Å². The van der Waals surface area contributed by atoms with Gasteiger partial charge in [-0.05, 0) is 12.5 Å². The summed E-state index contributed by atoms with van der Waals surface area (Å²) in [6.07, 6.45) is 7.28. The highest BCUT2D eigenvalue weighted by atomic mass is 16.5. The molecule has 0 spiro atoms. The molecule has 0 bridgehead atoms. The second-order valence-corrected chi connectivity index (χ2v) is 4.57. The minimum Gasteiger partial charge on any atom is -0.378 e. The molecule has 0 unspecified atom stereocenters. The predicted octanol–water partition coefficient (Wildman–Crippen LogP) is 2.42. The van der Waals surface area contributed by atoms with Crippen molar-refractivity contribution < 1.29 is 9.53 Å². The molecule has 3 heteroatoms. The Kier molecular flexibility index (Phi) is 4.93. The van der Waals surface area contributed by atoms with Gasteiger partial charge < -0.3 is 9.64 Å². The fourth-order valence-corrected chi connectivity index (χ4v) is 1.87. The predicted molar refractivity (Wildman–Crippen MR) is 76.8 cm³/mol. The highest BCUT2D eigenvalue weighted by molar-refractivity contribution is 5.88. The third-order valence-corrected chi connectivity index (χ3v) is 3.04. The largest absolute Gasteiger partial charge is 0.378 e. The van der Waals surface area contributed by atoms with Crippen LogP contribution in [0.5, 0.6) is 0 Å². The quantitative estimate of drug-likeness (QED) is 0.615. The maximum Gasteiger partial charge on any atom is 0.246 e. The van der Waals surface area contributed by atoms with Gasteiger partial charge in [0.05, 0.1) is 13.2 Å². The molecule has 0 radical (unpaired) electrons. The molecule has 3 nitrogen and oxygen atoms in total. The number of morpholine rings is 1. The van der Waals surface area contributed by atoms with E-state index in [0.717, 1.165) is 5.56 Å². The molecule has 1 aromatic rings. The van der Waals surface area contributed by atoms with E-state index < -0.39 is 0 Å². The zero-order valence-electron chi connectivity index (χ0n) is 11.2. The van der Waals surface area contributed by atoms with E-state index in [0.29, 0.717) is 26.3 Å². The standard InChI is InChI=1S/C16H19NO2/c1-14-6-8-15(9-7-14)4-2-3-5-16(18)17-10-12-19-13-11-17/h2-9H,10-13H2,1H3/b4-2+,5-3+. The SMILES string of the molecule is Cc1ccc(/C=C/C=C/C(=O)N2CCOCC2)cc1. The van der Waals surface area contributed by atoms with Gasteiger partial charge in [-0.1, -0.05) is 48.1 Å². The first-order chi connectivity index (χ1) is 9.25. The second-order valence-electron chi connectivity index (χ2n) is 4.57. The van der Waals surface area contributed by atoms with Crippen LogP contribution in [0.3, 0.4) is 0 Å². The fraction of sp³-hybridized carbons (Fsp3) is 0.312. The van der Waals surface area contributed by atoms with Crippen molar-refractivity contribution in [3.8, 4) is 0 Å². The Morgan fingerprint density at radius 2 is 1.84 bits per heavy atom. The van der Waals surface area contributed by atoms with Crippen LogP contribution in [0.4, 0.5) is 0 Å². The third kappa shape index (κ3) is 4.38. The summed E-state index contributed by atoms with van der Waals surface area (Å²) >= 11 is 0. The van der Waals surface area contributed by atoms with E-state index in [1.807, 2.05) is 12.2 Å². The number of amides is 1. The Hall–Kier alpha value is -1.87. The van der Waals surface area contributed by atoms with E-state index >= 15 is 0 Å². The van der Waals surface area contributed by atoms with E-state index in [-0.39, 0.29) is 5.91 Å². The van der Waals surface area contributed by atoms with Crippen molar-refractivity contribution in [3.63, 3.8) is 0 Å². The molecule has 0 N–H and O–H groups in total. The van der Waals surface area contributed by atoms with Crippen molar-refractivity contribution in [3.05, 3.63) is 53.6 Å². The Bertz CT molecular complexity index is 468. The molecule has 1 aliphatic rings. The van der Waals surface area contributed by atoms with Crippen molar-refractivity contribution in [2.24, 2.45) is 0 Å². The van der Waals surface area contributed by atoms with Gasteiger partial charge in [0.2, 0.25) is 5.91 Å². The molecule has 1 saturated heterocycles. The molecule has 1 fully saturated rings. The van der Waals surface area contributed by atoms with Gasteiger partial charge in [0, 0.05) is 19.2 Å². The molecule has 0 aromatic heterocycles.